The van der Waals surface area contributed by atoms with E-state index in [9.17, 15) is 19.5 Å². The number of cyclic esters (lactones) is 2. The van der Waals surface area contributed by atoms with Gasteiger partial charge in [0.15, 0.2) is 0 Å². The molecule has 28 heavy (non-hydrogen) atoms. The third-order valence-corrected chi connectivity index (χ3v) is 9.61. The number of aromatic hydroxyl groups is 1. The lowest BCUT2D eigenvalue weighted by atomic mass is 9.68. The average Bonchev–Trinajstić information content (AvgIpc) is 3.36. The second-order valence-electron chi connectivity index (χ2n) is 7.90. The number of carbonyl (C=O) groups is 2. The van der Waals surface area contributed by atoms with Crippen molar-refractivity contribution in [3.8, 4) is 5.75 Å². The van der Waals surface area contributed by atoms with Gasteiger partial charge in [0.2, 0.25) is 0 Å². The first-order valence-corrected chi connectivity index (χ1v) is 11.1. The number of phenolic OH excluding ortho intramolecular Hbond substituents is 1. The Bertz CT molecular complexity index is 1110. The van der Waals surface area contributed by atoms with Gasteiger partial charge in [-0.05, 0) is 42.4 Å². The summed E-state index contributed by atoms with van der Waals surface area (Å²) in [5, 5.41) is 12.0. The average molecular weight is 436 g/mol. The van der Waals surface area contributed by atoms with Gasteiger partial charge < -0.3 is 14.8 Å². The van der Waals surface area contributed by atoms with Gasteiger partial charge in [-0.15, -0.1) is 11.8 Å². The van der Waals surface area contributed by atoms with Crippen LogP contribution < -0.4 is 4.87 Å². The number of hydrogen-bond acceptors (Lipinski definition) is 7. The number of thioether (sulfide) groups is 1. The molecule has 0 spiro atoms. The maximum absolute atomic E-state index is 12.4. The fourth-order valence-corrected chi connectivity index (χ4v) is 9.00. The Hall–Kier alpha value is -1.77. The van der Waals surface area contributed by atoms with E-state index >= 15 is 0 Å². The van der Waals surface area contributed by atoms with Gasteiger partial charge in [0.05, 0.1) is 16.9 Å². The number of aromatic amines is 1. The fraction of sp³-hybridized carbons (Fsp3) is 0.421. The third-order valence-electron chi connectivity index (χ3n) is 6.78. The second-order valence-corrected chi connectivity index (χ2v) is 10.5. The molecule has 0 unspecified atom stereocenters. The van der Waals surface area contributed by atoms with E-state index in [0.29, 0.717) is 10.6 Å². The minimum Gasteiger partial charge on any atom is -0.508 e. The third kappa shape index (κ3) is 2.08. The molecule has 4 aliphatic rings. The molecule has 6 nitrogen and oxygen atoms in total. The molecule has 2 aliphatic heterocycles. The Kier molecular flexibility index (Phi) is 3.45. The molecule has 0 radical (unpaired) electrons. The highest BCUT2D eigenvalue weighted by Gasteiger charge is 2.69. The fourth-order valence-electron chi connectivity index (χ4n) is 5.94. The number of phenols is 1. The van der Waals surface area contributed by atoms with E-state index in [1.54, 1.807) is 30.0 Å². The van der Waals surface area contributed by atoms with Gasteiger partial charge in [-0.3, -0.25) is 14.4 Å². The second kappa shape index (κ2) is 5.64. The summed E-state index contributed by atoms with van der Waals surface area (Å²) in [7, 11) is 0. The topological polar surface area (TPSA) is 96.5 Å². The zero-order valence-corrected chi connectivity index (χ0v) is 16.6. The molecule has 144 valence electrons. The smallest absolute Gasteiger partial charge is 0.317 e. The van der Waals surface area contributed by atoms with Crippen LogP contribution in [0.25, 0.3) is 0 Å². The zero-order valence-electron chi connectivity index (χ0n) is 14.3. The first-order chi connectivity index (χ1) is 13.4. The number of carbonyl (C=O) groups excluding carboxylic acids is 2. The van der Waals surface area contributed by atoms with E-state index in [0.717, 1.165) is 27.7 Å². The van der Waals surface area contributed by atoms with Crippen LogP contribution in [0, 0.1) is 29.6 Å². The summed E-state index contributed by atoms with van der Waals surface area (Å²) in [5.41, 5.74) is 0.668. The lowest BCUT2D eigenvalue weighted by Gasteiger charge is -2.42. The summed E-state index contributed by atoms with van der Waals surface area (Å²) in [6, 6.07) is 4.93. The normalized spacial score (nSPS) is 37.5. The molecule has 2 N–H and O–H groups in total. The Labute approximate surface area is 172 Å². The number of benzene rings is 1. The molecule has 9 heteroatoms. The highest BCUT2D eigenvalue weighted by atomic mass is 35.5. The van der Waals surface area contributed by atoms with Crippen LogP contribution in [0.3, 0.4) is 0 Å². The number of rotatable bonds is 1. The molecule has 3 heterocycles. The highest BCUT2D eigenvalue weighted by molar-refractivity contribution is 8.00. The van der Waals surface area contributed by atoms with Crippen molar-refractivity contribution in [2.45, 2.75) is 22.6 Å². The standard InChI is InChI=1S/C19H14ClNO5S2/c20-5-1-2-9(22)6(3-5)10-11-7-4-8(13-12(7)17(23)26-18(13)24)14(11)27-16-15(10)28-19(25)21-16/h1-3,7-8,10-14,22H,4H2,(H,21,25)/t7-,8+,10+,11+,12+,13-,14-/m0/s1. The number of halogens is 1. The van der Waals surface area contributed by atoms with E-state index < -0.39 is 17.9 Å². The number of thiazole rings is 1. The monoisotopic (exact) mass is 435 g/mol. The maximum Gasteiger partial charge on any atom is 0.317 e. The van der Waals surface area contributed by atoms with Gasteiger partial charge in [0, 0.05) is 26.6 Å². The van der Waals surface area contributed by atoms with E-state index in [-0.39, 0.29) is 45.5 Å². The van der Waals surface area contributed by atoms with E-state index in [4.69, 9.17) is 16.3 Å². The lowest BCUT2D eigenvalue weighted by molar-refractivity contribution is -0.154. The van der Waals surface area contributed by atoms with Gasteiger partial charge in [-0.2, -0.15) is 0 Å². The number of H-pyrrole nitrogens is 1. The largest absolute Gasteiger partial charge is 0.508 e. The Balaban J connectivity index is 1.55. The minimum absolute atomic E-state index is 0.0137. The molecule has 0 amide bonds. The summed E-state index contributed by atoms with van der Waals surface area (Å²) in [5.74, 6) is -1.71. The van der Waals surface area contributed by atoms with Crippen LogP contribution in [0.2, 0.25) is 5.02 Å². The summed E-state index contributed by atoms with van der Waals surface area (Å²) in [4.78, 5) is 40.4. The van der Waals surface area contributed by atoms with Crippen LogP contribution in [0.5, 0.6) is 5.75 Å². The molecular weight excluding hydrogens is 422 g/mol. The van der Waals surface area contributed by atoms with Crippen molar-refractivity contribution >= 4 is 46.6 Å². The van der Waals surface area contributed by atoms with Crippen molar-refractivity contribution in [1.29, 1.82) is 0 Å². The number of esters is 2. The Morgan fingerprint density at radius 2 is 1.89 bits per heavy atom. The number of hydrogen-bond donors (Lipinski definition) is 2. The Morgan fingerprint density at radius 3 is 2.68 bits per heavy atom. The summed E-state index contributed by atoms with van der Waals surface area (Å²) >= 11 is 8.96. The van der Waals surface area contributed by atoms with Gasteiger partial charge in [-0.1, -0.05) is 22.9 Å². The summed E-state index contributed by atoms with van der Waals surface area (Å²) in [6.45, 7) is 0. The predicted molar refractivity (Wildman–Crippen MR) is 103 cm³/mol. The Morgan fingerprint density at radius 1 is 1.14 bits per heavy atom. The SMILES string of the molecule is O=C1OC(=O)[C@H]2[C@H]3C[C@H]([C@@H]12)[C@@H]1[C@@H](c2cc(Cl)ccc2O)c2sc(=O)[nH]c2S[C@@H]31. The van der Waals surface area contributed by atoms with Crippen molar-refractivity contribution < 1.29 is 19.4 Å². The van der Waals surface area contributed by atoms with Gasteiger partial charge in [0.1, 0.15) is 5.75 Å². The predicted octanol–water partition coefficient (Wildman–Crippen LogP) is 2.98. The molecule has 7 atom stereocenters. The molecule has 1 saturated heterocycles. The van der Waals surface area contributed by atoms with Crippen LogP contribution in [0.15, 0.2) is 28.0 Å². The molecule has 1 aromatic carbocycles. The molecule has 1 aromatic heterocycles. The van der Waals surface area contributed by atoms with Crippen LogP contribution in [-0.4, -0.2) is 27.3 Å². The zero-order chi connectivity index (χ0) is 19.3. The number of nitrogens with one attached hydrogen (secondary N) is 1. The van der Waals surface area contributed by atoms with Crippen molar-refractivity contribution in [2.75, 3.05) is 0 Å². The molecule has 2 aliphatic carbocycles. The molecule has 6 rings (SSSR count). The van der Waals surface area contributed by atoms with Gasteiger partial charge >= 0.3 is 16.8 Å². The lowest BCUT2D eigenvalue weighted by Crippen LogP contribution is -2.42. The van der Waals surface area contributed by atoms with Crippen molar-refractivity contribution in [1.82, 2.24) is 4.98 Å². The van der Waals surface area contributed by atoms with E-state index in [2.05, 4.69) is 4.98 Å². The van der Waals surface area contributed by atoms with Crippen LogP contribution in [0.1, 0.15) is 22.8 Å². The summed E-state index contributed by atoms with van der Waals surface area (Å²) < 4.78 is 4.96. The van der Waals surface area contributed by atoms with Crippen LogP contribution in [0.4, 0.5) is 0 Å². The molecule has 3 fully saturated rings. The van der Waals surface area contributed by atoms with E-state index in [1.807, 2.05) is 0 Å². The number of fused-ring (bicyclic) bond motifs is 9. The maximum atomic E-state index is 12.4. The van der Waals surface area contributed by atoms with Gasteiger partial charge in [0.25, 0.3) is 0 Å². The number of aromatic nitrogens is 1. The first kappa shape index (κ1) is 17.1. The first-order valence-electron chi connectivity index (χ1n) is 9.07. The quantitative estimate of drug-likeness (QED) is 0.528. The molecule has 2 saturated carbocycles. The molecule has 2 aromatic rings. The molecule has 2 bridgehead atoms. The van der Waals surface area contributed by atoms with Crippen LogP contribution >= 0.6 is 34.7 Å². The van der Waals surface area contributed by atoms with E-state index in [1.165, 1.54) is 0 Å². The minimum atomic E-state index is -0.423. The van der Waals surface area contributed by atoms with Crippen molar-refractivity contribution in [2.24, 2.45) is 29.6 Å². The van der Waals surface area contributed by atoms with Crippen LogP contribution in [-0.2, 0) is 14.3 Å². The highest BCUT2D eigenvalue weighted by Crippen LogP contribution is 2.68. The van der Waals surface area contributed by atoms with Gasteiger partial charge in [-0.25, -0.2) is 0 Å². The number of ether oxygens (including phenoxy) is 1. The van der Waals surface area contributed by atoms with Crippen molar-refractivity contribution in [3.05, 3.63) is 43.3 Å². The summed E-state index contributed by atoms with van der Waals surface area (Å²) in [6.07, 6.45) is 0.787. The van der Waals surface area contributed by atoms with Crippen molar-refractivity contribution in [3.63, 3.8) is 0 Å². The molecular formula is C19H14ClNO5S2.